The van der Waals surface area contributed by atoms with Crippen molar-refractivity contribution in [3.63, 3.8) is 0 Å². The fourth-order valence-corrected chi connectivity index (χ4v) is 3.68. The second-order valence-corrected chi connectivity index (χ2v) is 7.57. The van der Waals surface area contributed by atoms with Crippen LogP contribution in [0, 0.1) is 5.82 Å². The summed E-state index contributed by atoms with van der Waals surface area (Å²) in [6.07, 6.45) is 0. The first kappa shape index (κ1) is 22.1. The lowest BCUT2D eigenvalue weighted by Gasteiger charge is -2.34. The van der Waals surface area contributed by atoms with Gasteiger partial charge in [-0.25, -0.2) is 4.39 Å². The number of methoxy groups -OCH3 is 2. The van der Waals surface area contributed by atoms with E-state index in [0.717, 1.165) is 55.3 Å². The predicted octanol–water partition coefficient (Wildman–Crippen LogP) is 2.84. The van der Waals surface area contributed by atoms with E-state index in [4.69, 9.17) is 9.47 Å². The van der Waals surface area contributed by atoms with E-state index in [0.29, 0.717) is 6.54 Å². The number of hydrogen-bond donors (Lipinski definition) is 1. The number of carbonyl (C=O) groups is 1. The lowest BCUT2D eigenvalue weighted by atomic mass is 10.1. The topological polar surface area (TPSA) is 54.0 Å². The van der Waals surface area contributed by atoms with Crippen LogP contribution in [-0.2, 0) is 11.3 Å². The highest BCUT2D eigenvalue weighted by Crippen LogP contribution is 2.25. The molecule has 1 N–H and O–H groups in total. The molecular formula is C23H30FN3O3. The molecule has 1 aliphatic rings. The summed E-state index contributed by atoms with van der Waals surface area (Å²) >= 11 is 0. The maximum Gasteiger partial charge on any atom is 0.234 e. The summed E-state index contributed by atoms with van der Waals surface area (Å²) in [6, 6.07) is 11.9. The molecule has 0 saturated carbocycles. The van der Waals surface area contributed by atoms with Crippen molar-refractivity contribution in [2.24, 2.45) is 0 Å². The summed E-state index contributed by atoms with van der Waals surface area (Å²) in [6.45, 7) is 6.45. The van der Waals surface area contributed by atoms with E-state index in [-0.39, 0.29) is 17.8 Å². The van der Waals surface area contributed by atoms with Crippen LogP contribution < -0.4 is 14.8 Å². The second kappa shape index (κ2) is 10.4. The third kappa shape index (κ3) is 5.93. The first-order valence-corrected chi connectivity index (χ1v) is 10.2. The van der Waals surface area contributed by atoms with Gasteiger partial charge in [-0.1, -0.05) is 12.1 Å². The molecule has 0 radical (unpaired) electrons. The van der Waals surface area contributed by atoms with Crippen LogP contribution in [0.5, 0.6) is 11.5 Å². The zero-order chi connectivity index (χ0) is 21.5. The van der Waals surface area contributed by atoms with Crippen LogP contribution in [-0.4, -0.2) is 62.7 Å². The number of rotatable bonds is 8. The zero-order valence-electron chi connectivity index (χ0n) is 17.9. The number of halogens is 1. The van der Waals surface area contributed by atoms with Gasteiger partial charge < -0.3 is 14.8 Å². The van der Waals surface area contributed by atoms with E-state index in [1.165, 1.54) is 12.1 Å². The molecule has 2 aromatic carbocycles. The maximum absolute atomic E-state index is 13.1. The summed E-state index contributed by atoms with van der Waals surface area (Å²) in [4.78, 5) is 16.9. The highest BCUT2D eigenvalue weighted by Gasteiger charge is 2.21. The summed E-state index contributed by atoms with van der Waals surface area (Å²) in [5, 5.41) is 2.99. The van der Waals surface area contributed by atoms with Crippen molar-refractivity contribution in [2.75, 3.05) is 46.9 Å². The lowest BCUT2D eigenvalue weighted by Crippen LogP contribution is -2.49. The van der Waals surface area contributed by atoms with Gasteiger partial charge in [0.15, 0.2) is 0 Å². The quantitative estimate of drug-likeness (QED) is 0.719. The molecule has 1 aliphatic heterocycles. The van der Waals surface area contributed by atoms with Gasteiger partial charge in [0.05, 0.1) is 26.8 Å². The van der Waals surface area contributed by atoms with Crippen molar-refractivity contribution in [1.29, 1.82) is 0 Å². The molecule has 0 aliphatic carbocycles. The number of ether oxygens (including phenoxy) is 2. The number of amides is 1. The molecule has 1 saturated heterocycles. The van der Waals surface area contributed by atoms with E-state index in [1.807, 2.05) is 25.1 Å². The highest BCUT2D eigenvalue weighted by molar-refractivity contribution is 5.78. The largest absolute Gasteiger partial charge is 0.497 e. The number of hydrogen-bond acceptors (Lipinski definition) is 5. The average molecular weight is 416 g/mol. The van der Waals surface area contributed by atoms with Crippen LogP contribution in [0.25, 0.3) is 0 Å². The summed E-state index contributed by atoms with van der Waals surface area (Å²) in [5.41, 5.74) is 1.98. The molecule has 30 heavy (non-hydrogen) atoms. The normalized spacial score (nSPS) is 16.1. The fraction of sp³-hybridized carbons (Fsp3) is 0.435. The van der Waals surface area contributed by atoms with E-state index in [1.54, 1.807) is 26.4 Å². The summed E-state index contributed by atoms with van der Waals surface area (Å²) < 4.78 is 23.9. The SMILES string of the molecule is COc1ccc(OC)c(CN2CCN(CC(=O)NC(C)c3ccc(F)cc3)CC2)c1. The molecule has 7 heteroatoms. The first-order valence-electron chi connectivity index (χ1n) is 10.2. The third-order valence-corrected chi connectivity index (χ3v) is 5.46. The van der Waals surface area contributed by atoms with Crippen molar-refractivity contribution >= 4 is 5.91 Å². The molecule has 2 aromatic rings. The Balaban J connectivity index is 1.46. The minimum Gasteiger partial charge on any atom is -0.497 e. The number of nitrogens with zero attached hydrogens (tertiary/aromatic N) is 2. The molecule has 1 fully saturated rings. The Morgan fingerprint density at radius 3 is 2.33 bits per heavy atom. The number of piperazine rings is 1. The smallest absolute Gasteiger partial charge is 0.234 e. The average Bonchev–Trinajstić information content (AvgIpc) is 2.75. The molecule has 1 atom stereocenters. The molecule has 1 heterocycles. The van der Waals surface area contributed by atoms with Crippen molar-refractivity contribution in [1.82, 2.24) is 15.1 Å². The molecule has 0 aromatic heterocycles. The standard InChI is InChI=1S/C23H30FN3O3/c1-17(18-4-6-20(24)7-5-18)25-23(28)16-27-12-10-26(11-13-27)15-19-14-21(29-2)8-9-22(19)30-3/h4-9,14,17H,10-13,15-16H2,1-3H3,(H,25,28). The highest BCUT2D eigenvalue weighted by atomic mass is 19.1. The van der Waals surface area contributed by atoms with Gasteiger partial charge in [0.2, 0.25) is 5.91 Å². The second-order valence-electron chi connectivity index (χ2n) is 7.57. The number of nitrogens with one attached hydrogen (secondary N) is 1. The molecule has 3 rings (SSSR count). The van der Waals surface area contributed by atoms with Crippen LogP contribution in [0.2, 0.25) is 0 Å². The van der Waals surface area contributed by atoms with Crippen molar-refractivity contribution in [2.45, 2.75) is 19.5 Å². The Morgan fingerprint density at radius 1 is 1.03 bits per heavy atom. The molecule has 162 valence electrons. The Kier molecular flexibility index (Phi) is 7.65. The third-order valence-electron chi connectivity index (χ3n) is 5.46. The fourth-order valence-electron chi connectivity index (χ4n) is 3.68. The van der Waals surface area contributed by atoms with Crippen molar-refractivity contribution < 1.29 is 18.7 Å². The van der Waals surface area contributed by atoms with E-state index in [9.17, 15) is 9.18 Å². The molecule has 0 spiro atoms. The monoisotopic (exact) mass is 415 g/mol. The van der Waals surface area contributed by atoms with Gasteiger partial charge >= 0.3 is 0 Å². The van der Waals surface area contributed by atoms with Gasteiger partial charge in [-0.2, -0.15) is 0 Å². The van der Waals surface area contributed by atoms with E-state index >= 15 is 0 Å². The van der Waals surface area contributed by atoms with Gasteiger partial charge in [0.25, 0.3) is 0 Å². The van der Waals surface area contributed by atoms with Gasteiger partial charge in [-0.05, 0) is 42.8 Å². The Bertz CT molecular complexity index is 836. The van der Waals surface area contributed by atoms with Crippen LogP contribution in [0.15, 0.2) is 42.5 Å². The van der Waals surface area contributed by atoms with Crippen LogP contribution in [0.1, 0.15) is 24.1 Å². The Morgan fingerprint density at radius 2 is 1.70 bits per heavy atom. The summed E-state index contributed by atoms with van der Waals surface area (Å²) in [5.74, 6) is 1.38. The minimum absolute atomic E-state index is 0.0188. The number of benzene rings is 2. The Labute approximate surface area is 177 Å². The first-order chi connectivity index (χ1) is 14.5. The van der Waals surface area contributed by atoms with Gasteiger partial charge in [0.1, 0.15) is 17.3 Å². The molecule has 1 amide bonds. The van der Waals surface area contributed by atoms with Crippen molar-refractivity contribution in [3.8, 4) is 11.5 Å². The molecule has 6 nitrogen and oxygen atoms in total. The molecule has 1 unspecified atom stereocenters. The Hall–Kier alpha value is -2.64. The summed E-state index contributed by atoms with van der Waals surface area (Å²) in [7, 11) is 3.33. The van der Waals surface area contributed by atoms with Gasteiger partial charge in [-0.3, -0.25) is 14.6 Å². The van der Waals surface area contributed by atoms with Crippen molar-refractivity contribution in [3.05, 3.63) is 59.4 Å². The van der Waals surface area contributed by atoms with Gasteiger partial charge in [0, 0.05) is 38.3 Å². The maximum atomic E-state index is 13.1. The number of carbonyl (C=O) groups excluding carboxylic acids is 1. The minimum atomic E-state index is -0.276. The van der Waals surface area contributed by atoms with Gasteiger partial charge in [-0.15, -0.1) is 0 Å². The van der Waals surface area contributed by atoms with Crippen LogP contribution in [0.3, 0.4) is 0 Å². The van der Waals surface area contributed by atoms with E-state index in [2.05, 4.69) is 15.1 Å². The molecular weight excluding hydrogens is 385 g/mol. The molecule has 0 bridgehead atoms. The van der Waals surface area contributed by atoms with Crippen LogP contribution in [0.4, 0.5) is 4.39 Å². The predicted molar refractivity (Wildman–Crippen MR) is 114 cm³/mol. The lowest BCUT2D eigenvalue weighted by molar-refractivity contribution is -0.123. The zero-order valence-corrected chi connectivity index (χ0v) is 17.9. The van der Waals surface area contributed by atoms with Crippen LogP contribution >= 0.6 is 0 Å². The van der Waals surface area contributed by atoms with E-state index < -0.39 is 0 Å².